The number of likely N-dealkylation sites (tertiary alicyclic amines) is 1. The summed E-state index contributed by atoms with van der Waals surface area (Å²) in [7, 11) is 0. The van der Waals surface area contributed by atoms with Crippen LogP contribution in [-0.4, -0.2) is 82.1 Å². The van der Waals surface area contributed by atoms with E-state index in [2.05, 4.69) is 5.32 Å². The van der Waals surface area contributed by atoms with Crippen LogP contribution in [-0.2, 0) is 35.2 Å². The number of hydrogen-bond donors (Lipinski definition) is 2. The molecular formula is C35H39N3O7. The van der Waals surface area contributed by atoms with Crippen molar-refractivity contribution < 1.29 is 33.8 Å². The van der Waals surface area contributed by atoms with Crippen LogP contribution in [0.25, 0.3) is 0 Å². The first kappa shape index (κ1) is 30.7. The summed E-state index contributed by atoms with van der Waals surface area (Å²) >= 11 is 0. The molecule has 7 atom stereocenters. The minimum atomic E-state index is -1.42. The summed E-state index contributed by atoms with van der Waals surface area (Å²) in [5, 5.41) is 12.6. The molecule has 2 aromatic carbocycles. The Hall–Kier alpha value is -4.28. The third-order valence-corrected chi connectivity index (χ3v) is 9.20. The molecule has 2 aromatic rings. The molecule has 0 aliphatic carbocycles. The molecule has 0 bridgehead atoms. The molecule has 236 valence electrons. The third-order valence-electron chi connectivity index (χ3n) is 9.20. The number of aliphatic hydroxyl groups excluding tert-OH is 1. The highest BCUT2D eigenvalue weighted by atomic mass is 16.6. The van der Waals surface area contributed by atoms with Gasteiger partial charge in [0.05, 0.1) is 18.1 Å². The molecule has 0 unspecified atom stereocenters. The predicted molar refractivity (Wildman–Crippen MR) is 164 cm³/mol. The summed E-state index contributed by atoms with van der Waals surface area (Å²) in [5.41, 5.74) is 0.232. The van der Waals surface area contributed by atoms with Gasteiger partial charge in [-0.2, -0.15) is 0 Å². The number of nitrogens with one attached hydrogen (secondary N) is 1. The fourth-order valence-corrected chi connectivity index (χ4v) is 7.18. The summed E-state index contributed by atoms with van der Waals surface area (Å²) in [6.07, 6.45) is 6.38. The molecule has 4 heterocycles. The van der Waals surface area contributed by atoms with E-state index in [1.165, 1.54) is 4.90 Å². The molecule has 10 heteroatoms. The van der Waals surface area contributed by atoms with Crippen LogP contribution in [0.1, 0.15) is 43.4 Å². The summed E-state index contributed by atoms with van der Waals surface area (Å²) < 4.78 is 12.9. The molecule has 0 radical (unpaired) electrons. The first-order valence-corrected chi connectivity index (χ1v) is 15.6. The molecule has 45 heavy (non-hydrogen) atoms. The van der Waals surface area contributed by atoms with Gasteiger partial charge in [0.25, 0.3) is 0 Å². The average Bonchev–Trinajstić information content (AvgIpc) is 3.43. The van der Waals surface area contributed by atoms with Gasteiger partial charge in [-0.25, -0.2) is 0 Å². The van der Waals surface area contributed by atoms with Gasteiger partial charge in [0.2, 0.25) is 17.7 Å². The number of allylic oxidation sites excluding steroid dienone is 1. The SMILES string of the molecule is C[C@@H]1NC(=O)CC/C=C\[C@@H]2O[C@@]34C=CCN(Cc5ccccc5)C(=O)[C@@H]3N(CCCO)C(=O)[C@H]4[C@@H]2C(=O)O[C@H]1c1ccccc1. The summed E-state index contributed by atoms with van der Waals surface area (Å²) in [4.78, 5) is 59.0. The lowest BCUT2D eigenvalue weighted by Crippen LogP contribution is -2.55. The van der Waals surface area contributed by atoms with Gasteiger partial charge in [0.1, 0.15) is 23.7 Å². The van der Waals surface area contributed by atoms with Gasteiger partial charge in [-0.15, -0.1) is 0 Å². The number of carbonyl (C=O) groups is 4. The van der Waals surface area contributed by atoms with Gasteiger partial charge in [0, 0.05) is 32.7 Å². The number of benzene rings is 2. The van der Waals surface area contributed by atoms with Crippen molar-refractivity contribution in [3.63, 3.8) is 0 Å². The Labute approximate surface area is 262 Å². The summed E-state index contributed by atoms with van der Waals surface area (Å²) in [5.74, 6) is -3.53. The molecule has 3 amide bonds. The van der Waals surface area contributed by atoms with Crippen LogP contribution in [0.3, 0.4) is 0 Å². The number of ether oxygens (including phenoxy) is 2. The van der Waals surface area contributed by atoms with Crippen LogP contribution in [0.15, 0.2) is 85.0 Å². The standard InChI is InChI=1S/C35H39N3O7/c1-23-30(25-14-6-3-7-15-25)44-34(43)28-26(16-8-9-17-27(40)36-23)45-35-18-10-19-37(22-24-12-4-2-5-13-24)33(42)31(35)38(20-11-21-39)32(41)29(28)35/h2-8,10,12-16,18,23,26,28-31,39H,9,11,17,19-22H2,1H3,(H,36,40)/b16-8-/t23-,26-,28+,29+,30+,31-,35+/m0/s1. The number of hydrogen-bond acceptors (Lipinski definition) is 7. The van der Waals surface area contributed by atoms with Crippen molar-refractivity contribution in [1.29, 1.82) is 0 Å². The van der Waals surface area contributed by atoms with Crippen LogP contribution < -0.4 is 5.32 Å². The minimum absolute atomic E-state index is 0.137. The first-order chi connectivity index (χ1) is 21.8. The molecule has 1 spiro atoms. The van der Waals surface area contributed by atoms with Crippen molar-refractivity contribution in [1.82, 2.24) is 15.1 Å². The van der Waals surface area contributed by atoms with E-state index in [9.17, 15) is 24.3 Å². The van der Waals surface area contributed by atoms with Gasteiger partial charge in [-0.05, 0) is 30.9 Å². The summed E-state index contributed by atoms with van der Waals surface area (Å²) in [6.45, 7) is 2.41. The molecule has 2 N–H and O–H groups in total. The Morgan fingerprint density at radius 2 is 1.71 bits per heavy atom. The topological polar surface area (TPSA) is 125 Å². The number of nitrogens with zero attached hydrogens (tertiary/aromatic N) is 2. The van der Waals surface area contributed by atoms with Gasteiger partial charge >= 0.3 is 5.97 Å². The average molecular weight is 614 g/mol. The van der Waals surface area contributed by atoms with Crippen molar-refractivity contribution in [3.05, 3.63) is 96.1 Å². The van der Waals surface area contributed by atoms with E-state index < -0.39 is 47.7 Å². The fraction of sp³-hybridized carbons (Fsp3) is 0.429. The lowest BCUT2D eigenvalue weighted by molar-refractivity contribution is -0.161. The predicted octanol–water partition coefficient (Wildman–Crippen LogP) is 2.69. The molecular weight excluding hydrogens is 574 g/mol. The molecule has 2 fully saturated rings. The second kappa shape index (κ2) is 13.0. The van der Waals surface area contributed by atoms with E-state index in [0.29, 0.717) is 25.1 Å². The Balaban J connectivity index is 1.40. The lowest BCUT2D eigenvalue weighted by Gasteiger charge is -2.35. The van der Waals surface area contributed by atoms with Crippen molar-refractivity contribution in [2.75, 3.05) is 19.7 Å². The minimum Gasteiger partial charge on any atom is -0.455 e. The Kier molecular flexibility index (Phi) is 8.87. The van der Waals surface area contributed by atoms with Gasteiger partial charge in [0.15, 0.2) is 0 Å². The van der Waals surface area contributed by atoms with E-state index >= 15 is 0 Å². The van der Waals surface area contributed by atoms with Crippen LogP contribution in [0.4, 0.5) is 0 Å². The smallest absolute Gasteiger partial charge is 0.313 e. The van der Waals surface area contributed by atoms with E-state index in [1.807, 2.05) is 66.7 Å². The zero-order valence-corrected chi connectivity index (χ0v) is 25.3. The first-order valence-electron chi connectivity index (χ1n) is 15.6. The van der Waals surface area contributed by atoms with Crippen molar-refractivity contribution >= 4 is 23.7 Å². The van der Waals surface area contributed by atoms with Gasteiger partial charge < -0.3 is 29.7 Å². The van der Waals surface area contributed by atoms with Crippen molar-refractivity contribution in [2.24, 2.45) is 11.8 Å². The van der Waals surface area contributed by atoms with E-state index in [-0.39, 0.29) is 43.7 Å². The van der Waals surface area contributed by atoms with Crippen LogP contribution >= 0.6 is 0 Å². The van der Waals surface area contributed by atoms with E-state index in [0.717, 1.165) is 5.56 Å². The highest BCUT2D eigenvalue weighted by Crippen LogP contribution is 2.53. The zero-order valence-electron chi connectivity index (χ0n) is 25.3. The number of rotatable bonds is 6. The lowest BCUT2D eigenvalue weighted by atomic mass is 9.77. The zero-order chi connectivity index (χ0) is 31.6. The highest BCUT2D eigenvalue weighted by molar-refractivity contribution is 5.99. The second-order valence-electron chi connectivity index (χ2n) is 12.1. The van der Waals surface area contributed by atoms with Crippen LogP contribution in [0, 0.1) is 11.8 Å². The molecule has 10 nitrogen and oxygen atoms in total. The molecule has 0 saturated carbocycles. The van der Waals surface area contributed by atoms with Gasteiger partial charge in [-0.3, -0.25) is 19.2 Å². The number of amides is 3. The molecule has 4 aliphatic heterocycles. The maximum atomic E-state index is 14.4. The Bertz CT molecular complexity index is 1480. The maximum Gasteiger partial charge on any atom is 0.313 e. The van der Waals surface area contributed by atoms with Crippen LogP contribution in [0.2, 0.25) is 0 Å². The third kappa shape index (κ3) is 5.80. The summed E-state index contributed by atoms with van der Waals surface area (Å²) in [6, 6.07) is 17.2. The van der Waals surface area contributed by atoms with Crippen LogP contribution in [0.5, 0.6) is 0 Å². The van der Waals surface area contributed by atoms with Crippen molar-refractivity contribution in [3.8, 4) is 0 Å². The monoisotopic (exact) mass is 613 g/mol. The largest absolute Gasteiger partial charge is 0.455 e. The fourth-order valence-electron chi connectivity index (χ4n) is 7.18. The number of cyclic esters (lactones) is 1. The molecule has 2 saturated heterocycles. The second-order valence-corrected chi connectivity index (χ2v) is 12.1. The number of aliphatic hydroxyl groups is 1. The maximum absolute atomic E-state index is 14.4. The molecule has 0 aromatic heterocycles. The Morgan fingerprint density at radius 1 is 0.978 bits per heavy atom. The normalized spacial score (nSPS) is 32.4. The highest BCUT2D eigenvalue weighted by Gasteiger charge is 2.71. The quantitative estimate of drug-likeness (QED) is 0.379. The van der Waals surface area contributed by atoms with Crippen molar-refractivity contribution in [2.45, 2.75) is 62.6 Å². The molecule has 6 rings (SSSR count). The van der Waals surface area contributed by atoms with E-state index in [4.69, 9.17) is 9.47 Å². The Morgan fingerprint density at radius 3 is 2.44 bits per heavy atom. The number of fused-ring (bicyclic) bond motifs is 2. The molecule has 4 aliphatic rings. The van der Waals surface area contributed by atoms with E-state index in [1.54, 1.807) is 30.1 Å². The number of esters is 1. The van der Waals surface area contributed by atoms with Gasteiger partial charge in [-0.1, -0.05) is 85.0 Å². The number of carbonyl (C=O) groups excluding carboxylic acids is 4.